The van der Waals surface area contributed by atoms with Gasteiger partial charge in [-0.25, -0.2) is 0 Å². The Morgan fingerprint density at radius 2 is 2.10 bits per heavy atom. The van der Waals surface area contributed by atoms with E-state index in [1.54, 1.807) is 7.05 Å². The molecular weight excluding hydrogens is 286 g/mol. The van der Waals surface area contributed by atoms with Gasteiger partial charge in [0.05, 0.1) is 12.2 Å². The Bertz CT molecular complexity index is 694. The van der Waals surface area contributed by atoms with Gasteiger partial charge in [0.15, 0.2) is 0 Å². The second kappa shape index (κ2) is 6.13. The SMILES string of the molecule is CCN(CC(=O)NC)C(=O)c1sc2cc(C)ccc2c1N. The van der Waals surface area contributed by atoms with Crippen molar-refractivity contribution in [2.45, 2.75) is 13.8 Å². The minimum atomic E-state index is -0.197. The zero-order chi connectivity index (χ0) is 15.6. The molecule has 0 unspecified atom stereocenters. The molecule has 0 saturated heterocycles. The van der Waals surface area contributed by atoms with Crippen LogP contribution >= 0.6 is 11.3 Å². The summed E-state index contributed by atoms with van der Waals surface area (Å²) in [7, 11) is 1.55. The molecule has 0 atom stereocenters. The molecule has 0 aliphatic heterocycles. The van der Waals surface area contributed by atoms with E-state index in [9.17, 15) is 9.59 Å². The van der Waals surface area contributed by atoms with E-state index in [2.05, 4.69) is 5.32 Å². The van der Waals surface area contributed by atoms with Crippen molar-refractivity contribution in [2.75, 3.05) is 25.9 Å². The minimum absolute atomic E-state index is 0.0402. The van der Waals surface area contributed by atoms with Gasteiger partial charge in [-0.1, -0.05) is 12.1 Å². The van der Waals surface area contributed by atoms with E-state index in [-0.39, 0.29) is 18.4 Å². The Balaban J connectivity index is 2.38. The summed E-state index contributed by atoms with van der Waals surface area (Å²) >= 11 is 1.38. The van der Waals surface area contributed by atoms with Crippen LogP contribution in [0.4, 0.5) is 5.69 Å². The highest BCUT2D eigenvalue weighted by Crippen LogP contribution is 2.34. The molecule has 2 rings (SSSR count). The van der Waals surface area contributed by atoms with E-state index in [1.807, 2.05) is 32.0 Å². The van der Waals surface area contributed by atoms with Crippen LogP contribution in [-0.4, -0.2) is 36.9 Å². The number of hydrogen-bond acceptors (Lipinski definition) is 4. The number of carbonyl (C=O) groups excluding carboxylic acids is 2. The lowest BCUT2D eigenvalue weighted by Gasteiger charge is -2.19. The Kier molecular flexibility index (Phi) is 4.47. The molecule has 1 heterocycles. The van der Waals surface area contributed by atoms with E-state index < -0.39 is 0 Å². The Labute approximate surface area is 127 Å². The number of rotatable bonds is 4. The summed E-state index contributed by atoms with van der Waals surface area (Å²) in [5.74, 6) is -0.391. The maximum atomic E-state index is 12.6. The van der Waals surface area contributed by atoms with Crippen LogP contribution in [0.2, 0.25) is 0 Å². The minimum Gasteiger partial charge on any atom is -0.397 e. The number of amides is 2. The lowest BCUT2D eigenvalue weighted by Crippen LogP contribution is -2.39. The van der Waals surface area contributed by atoms with Gasteiger partial charge >= 0.3 is 0 Å². The monoisotopic (exact) mass is 305 g/mol. The fourth-order valence-electron chi connectivity index (χ4n) is 2.11. The van der Waals surface area contributed by atoms with Gasteiger partial charge in [-0.15, -0.1) is 11.3 Å². The third-order valence-electron chi connectivity index (χ3n) is 3.36. The Morgan fingerprint density at radius 3 is 2.71 bits per heavy atom. The quantitative estimate of drug-likeness (QED) is 0.907. The van der Waals surface area contributed by atoms with E-state index in [1.165, 1.54) is 16.2 Å². The van der Waals surface area contributed by atoms with Crippen LogP contribution in [-0.2, 0) is 4.79 Å². The standard InChI is InChI=1S/C15H19N3O2S/c1-4-18(8-12(19)17-3)15(20)14-13(16)10-6-5-9(2)7-11(10)21-14/h5-7H,4,8,16H2,1-3H3,(H,17,19). The average Bonchev–Trinajstić information content (AvgIpc) is 2.80. The number of nitrogens with two attached hydrogens (primary N) is 1. The summed E-state index contributed by atoms with van der Waals surface area (Å²) in [6, 6.07) is 5.92. The molecule has 5 nitrogen and oxygen atoms in total. The molecule has 0 fully saturated rings. The first kappa shape index (κ1) is 15.3. The average molecular weight is 305 g/mol. The zero-order valence-corrected chi connectivity index (χ0v) is 13.2. The van der Waals surface area contributed by atoms with E-state index in [0.29, 0.717) is 17.1 Å². The van der Waals surface area contributed by atoms with Crippen LogP contribution in [0.3, 0.4) is 0 Å². The molecule has 2 aromatic rings. The number of carbonyl (C=O) groups is 2. The van der Waals surface area contributed by atoms with Crippen molar-refractivity contribution in [3.05, 3.63) is 28.6 Å². The molecule has 1 aromatic carbocycles. The highest BCUT2D eigenvalue weighted by atomic mass is 32.1. The highest BCUT2D eigenvalue weighted by Gasteiger charge is 2.22. The summed E-state index contributed by atoms with van der Waals surface area (Å²) in [6.07, 6.45) is 0. The number of likely N-dealkylation sites (N-methyl/N-ethyl adjacent to an activating group) is 2. The first-order valence-electron chi connectivity index (χ1n) is 6.76. The molecule has 1 aromatic heterocycles. The molecule has 3 N–H and O–H groups in total. The van der Waals surface area contributed by atoms with Gasteiger partial charge in [-0.2, -0.15) is 0 Å². The number of anilines is 1. The number of fused-ring (bicyclic) bond motifs is 1. The molecule has 6 heteroatoms. The summed E-state index contributed by atoms with van der Waals surface area (Å²) in [4.78, 5) is 26.1. The Morgan fingerprint density at radius 1 is 1.38 bits per heavy atom. The molecule has 21 heavy (non-hydrogen) atoms. The normalized spacial score (nSPS) is 10.6. The third kappa shape index (κ3) is 3.00. The van der Waals surface area contributed by atoms with Crippen molar-refractivity contribution >= 4 is 38.9 Å². The first-order valence-corrected chi connectivity index (χ1v) is 7.58. The van der Waals surface area contributed by atoms with E-state index >= 15 is 0 Å². The number of hydrogen-bond donors (Lipinski definition) is 2. The van der Waals surface area contributed by atoms with Crippen molar-refractivity contribution in [1.82, 2.24) is 10.2 Å². The van der Waals surface area contributed by atoms with Crippen LogP contribution in [0.25, 0.3) is 10.1 Å². The van der Waals surface area contributed by atoms with Gasteiger partial charge in [-0.05, 0) is 25.5 Å². The van der Waals surface area contributed by atoms with Gasteiger partial charge in [0, 0.05) is 23.7 Å². The molecule has 0 saturated carbocycles. The predicted molar refractivity (Wildman–Crippen MR) is 86.6 cm³/mol. The lowest BCUT2D eigenvalue weighted by atomic mass is 10.1. The number of nitrogen functional groups attached to an aromatic ring is 1. The van der Waals surface area contributed by atoms with Crippen LogP contribution in [0.15, 0.2) is 18.2 Å². The number of thiophene rings is 1. The molecule has 0 aliphatic rings. The topological polar surface area (TPSA) is 75.4 Å². The molecule has 0 aliphatic carbocycles. The summed E-state index contributed by atoms with van der Waals surface area (Å²) in [6.45, 7) is 4.34. The van der Waals surface area contributed by atoms with Crippen molar-refractivity contribution in [2.24, 2.45) is 0 Å². The van der Waals surface area contributed by atoms with Crippen LogP contribution in [0.5, 0.6) is 0 Å². The molecule has 0 spiro atoms. The van der Waals surface area contributed by atoms with Gasteiger partial charge in [-0.3, -0.25) is 9.59 Å². The molecule has 2 amide bonds. The lowest BCUT2D eigenvalue weighted by molar-refractivity contribution is -0.121. The molecule has 0 radical (unpaired) electrons. The largest absolute Gasteiger partial charge is 0.397 e. The van der Waals surface area contributed by atoms with Crippen molar-refractivity contribution in [1.29, 1.82) is 0 Å². The first-order chi connectivity index (χ1) is 9.97. The Hall–Kier alpha value is -2.08. The van der Waals surface area contributed by atoms with Crippen LogP contribution in [0.1, 0.15) is 22.2 Å². The fourth-order valence-corrected chi connectivity index (χ4v) is 3.29. The van der Waals surface area contributed by atoms with Crippen molar-refractivity contribution < 1.29 is 9.59 Å². The summed E-state index contributed by atoms with van der Waals surface area (Å²) in [5, 5.41) is 3.42. The predicted octanol–water partition coefficient (Wildman–Crippen LogP) is 2.00. The fraction of sp³-hybridized carbons (Fsp3) is 0.333. The van der Waals surface area contributed by atoms with E-state index in [0.717, 1.165) is 15.6 Å². The van der Waals surface area contributed by atoms with Gasteiger partial charge < -0.3 is 16.0 Å². The van der Waals surface area contributed by atoms with Crippen LogP contribution in [0, 0.1) is 6.92 Å². The smallest absolute Gasteiger partial charge is 0.266 e. The van der Waals surface area contributed by atoms with Crippen LogP contribution < -0.4 is 11.1 Å². The molecule has 0 bridgehead atoms. The van der Waals surface area contributed by atoms with Gasteiger partial charge in [0.25, 0.3) is 5.91 Å². The van der Waals surface area contributed by atoms with Gasteiger partial charge in [0.2, 0.25) is 5.91 Å². The maximum Gasteiger partial charge on any atom is 0.266 e. The second-order valence-electron chi connectivity index (χ2n) is 4.84. The number of aryl methyl sites for hydroxylation is 1. The van der Waals surface area contributed by atoms with E-state index in [4.69, 9.17) is 5.73 Å². The highest BCUT2D eigenvalue weighted by molar-refractivity contribution is 7.21. The molecule has 112 valence electrons. The number of nitrogens with one attached hydrogen (secondary N) is 1. The van der Waals surface area contributed by atoms with Gasteiger partial charge in [0.1, 0.15) is 4.88 Å². The molecular formula is C15H19N3O2S. The van der Waals surface area contributed by atoms with Crippen molar-refractivity contribution in [3.63, 3.8) is 0 Å². The maximum absolute atomic E-state index is 12.6. The second-order valence-corrected chi connectivity index (χ2v) is 5.89. The zero-order valence-electron chi connectivity index (χ0n) is 12.4. The van der Waals surface area contributed by atoms with Crippen molar-refractivity contribution in [3.8, 4) is 0 Å². The third-order valence-corrected chi connectivity index (χ3v) is 4.52. The summed E-state index contributed by atoms with van der Waals surface area (Å²) in [5.41, 5.74) is 7.73. The summed E-state index contributed by atoms with van der Waals surface area (Å²) < 4.78 is 0.992. The number of nitrogens with zero attached hydrogens (tertiary/aromatic N) is 1. The number of benzene rings is 1.